The summed E-state index contributed by atoms with van der Waals surface area (Å²) >= 11 is 0. The smallest absolute Gasteiger partial charge is 0.222 e. The van der Waals surface area contributed by atoms with Crippen molar-refractivity contribution >= 4 is 5.65 Å². The molecule has 0 fully saturated rings. The Bertz CT molecular complexity index is 473. The molecule has 14 heavy (non-hydrogen) atoms. The zero-order chi connectivity index (χ0) is 10.3. The van der Waals surface area contributed by atoms with Gasteiger partial charge in [-0.05, 0) is 6.92 Å². The van der Waals surface area contributed by atoms with Crippen molar-refractivity contribution < 1.29 is 13.2 Å². The molecule has 0 radical (unpaired) electrons. The molecular weight excluding hydrogens is 197 g/mol. The Morgan fingerprint density at radius 1 is 1.36 bits per heavy atom. The van der Waals surface area contributed by atoms with Crippen molar-refractivity contribution in [1.82, 2.24) is 19.6 Å². The third-order valence-corrected chi connectivity index (χ3v) is 1.70. The largest absolute Gasteiger partial charge is 0.421 e. The van der Waals surface area contributed by atoms with E-state index in [1.165, 1.54) is 13.3 Å². The predicted molar refractivity (Wildman–Crippen MR) is 40.5 cm³/mol. The third kappa shape index (κ3) is 1.30. The summed E-state index contributed by atoms with van der Waals surface area (Å²) in [5.41, 5.74) is -1.06. The molecule has 0 saturated carbocycles. The van der Waals surface area contributed by atoms with Crippen molar-refractivity contribution in [3.05, 3.63) is 23.9 Å². The van der Waals surface area contributed by atoms with Crippen molar-refractivity contribution in [3.8, 4) is 0 Å². The van der Waals surface area contributed by atoms with E-state index in [2.05, 4.69) is 15.1 Å². The highest BCUT2D eigenvalue weighted by Gasteiger charge is 2.35. The fraction of sp³-hybridized carbons (Fsp3) is 0.286. The number of rotatable bonds is 0. The van der Waals surface area contributed by atoms with Gasteiger partial charge >= 0.3 is 6.18 Å². The van der Waals surface area contributed by atoms with Crippen molar-refractivity contribution in [2.24, 2.45) is 0 Å². The number of halogens is 3. The van der Waals surface area contributed by atoms with Crippen LogP contribution in [0.2, 0.25) is 0 Å². The van der Waals surface area contributed by atoms with E-state index in [9.17, 15) is 13.2 Å². The van der Waals surface area contributed by atoms with Crippen LogP contribution in [0.15, 0.2) is 12.5 Å². The maximum atomic E-state index is 12.4. The van der Waals surface area contributed by atoms with Crippen LogP contribution in [0, 0.1) is 6.92 Å². The lowest BCUT2D eigenvalue weighted by molar-refractivity contribution is -0.136. The Labute approximate surface area is 76.4 Å². The Kier molecular flexibility index (Phi) is 1.70. The van der Waals surface area contributed by atoms with Gasteiger partial charge in [0, 0.05) is 0 Å². The molecule has 0 N–H and O–H groups in total. The standard InChI is InChI=1S/C7H5F3N4/c1-4-11-3-14-6(13-4)5(2-12-14)7(8,9)10/h2-3H,1H3. The summed E-state index contributed by atoms with van der Waals surface area (Å²) in [4.78, 5) is 7.40. The van der Waals surface area contributed by atoms with Gasteiger partial charge in [-0.2, -0.15) is 18.3 Å². The third-order valence-electron chi connectivity index (χ3n) is 1.70. The molecule has 74 valence electrons. The molecule has 2 rings (SSSR count). The van der Waals surface area contributed by atoms with Gasteiger partial charge in [0.25, 0.3) is 0 Å². The van der Waals surface area contributed by atoms with Gasteiger partial charge < -0.3 is 0 Å². The maximum Gasteiger partial charge on any atom is 0.421 e. The molecule has 0 aliphatic heterocycles. The SMILES string of the molecule is Cc1ncn2ncc(C(F)(F)F)c2n1. The van der Waals surface area contributed by atoms with Crippen LogP contribution in [0.4, 0.5) is 13.2 Å². The monoisotopic (exact) mass is 202 g/mol. The van der Waals surface area contributed by atoms with Gasteiger partial charge in [-0.25, -0.2) is 14.5 Å². The number of nitrogens with zero attached hydrogens (tertiary/aromatic N) is 4. The lowest BCUT2D eigenvalue weighted by Crippen LogP contribution is -2.06. The lowest BCUT2D eigenvalue weighted by Gasteiger charge is -2.02. The van der Waals surface area contributed by atoms with Gasteiger partial charge in [0.1, 0.15) is 17.7 Å². The average Bonchev–Trinajstić information content (AvgIpc) is 2.45. The molecular formula is C7H5F3N4. The van der Waals surface area contributed by atoms with Crippen molar-refractivity contribution in [2.45, 2.75) is 13.1 Å². The first-order chi connectivity index (χ1) is 6.48. The second kappa shape index (κ2) is 2.66. The second-order valence-electron chi connectivity index (χ2n) is 2.73. The molecule has 2 aromatic heterocycles. The highest BCUT2D eigenvalue weighted by Crippen LogP contribution is 2.31. The van der Waals surface area contributed by atoms with Crippen molar-refractivity contribution in [2.75, 3.05) is 0 Å². The van der Waals surface area contributed by atoms with E-state index in [0.29, 0.717) is 0 Å². The van der Waals surface area contributed by atoms with Crippen molar-refractivity contribution in [1.29, 1.82) is 0 Å². The molecule has 7 heteroatoms. The van der Waals surface area contributed by atoms with Crippen molar-refractivity contribution in [3.63, 3.8) is 0 Å². The van der Waals surface area contributed by atoms with Crippen LogP contribution in [0.5, 0.6) is 0 Å². The minimum absolute atomic E-state index is 0.218. The highest BCUT2D eigenvalue weighted by molar-refractivity contribution is 5.47. The molecule has 0 amide bonds. The Balaban J connectivity index is 2.73. The number of alkyl halides is 3. The summed E-state index contributed by atoms with van der Waals surface area (Å²) in [6.07, 6.45) is -2.49. The highest BCUT2D eigenvalue weighted by atomic mass is 19.4. The first kappa shape index (κ1) is 8.92. The second-order valence-corrected chi connectivity index (χ2v) is 2.73. The fourth-order valence-electron chi connectivity index (χ4n) is 1.07. The van der Waals surface area contributed by atoms with Crippen LogP contribution in [-0.2, 0) is 6.18 Å². The maximum absolute atomic E-state index is 12.4. The molecule has 0 aliphatic carbocycles. The van der Waals surface area contributed by atoms with E-state index in [4.69, 9.17) is 0 Å². The van der Waals surface area contributed by atoms with E-state index in [0.717, 1.165) is 10.7 Å². The van der Waals surface area contributed by atoms with Crippen LogP contribution < -0.4 is 0 Å². The molecule has 4 nitrogen and oxygen atoms in total. The molecule has 0 saturated heterocycles. The van der Waals surface area contributed by atoms with E-state index in [-0.39, 0.29) is 11.5 Å². The normalized spacial score (nSPS) is 12.3. The number of aromatic nitrogens is 4. The van der Waals surface area contributed by atoms with Crippen LogP contribution in [0.25, 0.3) is 5.65 Å². The summed E-state index contributed by atoms with van der Waals surface area (Å²) in [5.74, 6) is 0.281. The molecule has 0 bridgehead atoms. The summed E-state index contributed by atoms with van der Waals surface area (Å²) in [5, 5.41) is 3.50. The lowest BCUT2D eigenvalue weighted by atomic mass is 10.3. The molecule has 0 atom stereocenters. The van der Waals surface area contributed by atoms with E-state index < -0.39 is 11.7 Å². The van der Waals surface area contributed by atoms with E-state index >= 15 is 0 Å². The Hall–Kier alpha value is -1.66. The Morgan fingerprint density at radius 2 is 2.07 bits per heavy atom. The zero-order valence-electron chi connectivity index (χ0n) is 7.08. The summed E-state index contributed by atoms with van der Waals surface area (Å²) < 4.78 is 38.1. The average molecular weight is 202 g/mol. The number of fused-ring (bicyclic) bond motifs is 1. The first-order valence-corrected chi connectivity index (χ1v) is 3.72. The summed E-state index contributed by atoms with van der Waals surface area (Å²) in [6.45, 7) is 1.52. The fourth-order valence-corrected chi connectivity index (χ4v) is 1.07. The predicted octanol–water partition coefficient (Wildman–Crippen LogP) is 1.45. The summed E-state index contributed by atoms with van der Waals surface area (Å²) in [6, 6.07) is 0. The molecule has 0 spiro atoms. The minimum Gasteiger partial charge on any atom is -0.222 e. The zero-order valence-corrected chi connectivity index (χ0v) is 7.08. The minimum atomic E-state index is -4.43. The van der Waals surface area contributed by atoms with Gasteiger partial charge in [0.15, 0.2) is 5.65 Å². The van der Waals surface area contributed by atoms with Gasteiger partial charge in [-0.3, -0.25) is 0 Å². The topological polar surface area (TPSA) is 43.1 Å². The number of hydrogen-bond donors (Lipinski definition) is 0. The van der Waals surface area contributed by atoms with Gasteiger partial charge in [0.05, 0.1) is 6.20 Å². The number of hydrogen-bond acceptors (Lipinski definition) is 3. The first-order valence-electron chi connectivity index (χ1n) is 3.72. The summed E-state index contributed by atoms with van der Waals surface area (Å²) in [7, 11) is 0. The van der Waals surface area contributed by atoms with Crippen LogP contribution in [0.3, 0.4) is 0 Å². The molecule has 0 unspecified atom stereocenters. The van der Waals surface area contributed by atoms with Crippen LogP contribution in [-0.4, -0.2) is 19.6 Å². The number of aryl methyl sites for hydroxylation is 1. The molecule has 0 aromatic carbocycles. The molecule has 2 heterocycles. The Morgan fingerprint density at radius 3 is 2.71 bits per heavy atom. The van der Waals surface area contributed by atoms with Crippen LogP contribution in [0.1, 0.15) is 11.4 Å². The van der Waals surface area contributed by atoms with E-state index in [1.807, 2.05) is 0 Å². The quantitative estimate of drug-likeness (QED) is 0.649. The molecule has 0 aliphatic rings. The van der Waals surface area contributed by atoms with Gasteiger partial charge in [-0.15, -0.1) is 0 Å². The molecule has 2 aromatic rings. The van der Waals surface area contributed by atoms with E-state index in [1.54, 1.807) is 0 Å². The van der Waals surface area contributed by atoms with Gasteiger partial charge in [0.2, 0.25) is 0 Å². The van der Waals surface area contributed by atoms with Gasteiger partial charge in [-0.1, -0.05) is 0 Å². The van der Waals surface area contributed by atoms with Crippen LogP contribution >= 0.6 is 0 Å².